The van der Waals surface area contributed by atoms with Crippen LogP contribution in [0.15, 0.2) is 0 Å². The monoisotopic (exact) mass is 600 g/mol. The number of unbranched alkanes of at least 4 members (excludes halogenated alkanes) is 13. The van der Waals surface area contributed by atoms with Crippen molar-refractivity contribution in [1.82, 2.24) is 10.6 Å². The van der Waals surface area contributed by atoms with Crippen LogP contribution in [0.3, 0.4) is 0 Å². The quantitative estimate of drug-likeness (QED) is 0.0818. The molecule has 244 valence electrons. The number of carboxylic acids is 2. The lowest BCUT2D eigenvalue weighted by Gasteiger charge is -2.14. The minimum absolute atomic E-state index is 0.0242. The van der Waals surface area contributed by atoms with Crippen molar-refractivity contribution in [3.63, 3.8) is 0 Å². The fourth-order valence-corrected chi connectivity index (χ4v) is 4.47. The minimum atomic E-state index is -1.13. The highest BCUT2D eigenvalue weighted by Gasteiger charge is 2.20. The fraction of sp³-hybridized carbons (Fsp3) is 0.839. The molecule has 11 heteroatoms. The van der Waals surface area contributed by atoms with Gasteiger partial charge in [-0.2, -0.15) is 0 Å². The van der Waals surface area contributed by atoms with Crippen LogP contribution < -0.4 is 10.6 Å². The van der Waals surface area contributed by atoms with Crippen LogP contribution in [0, 0.1) is 0 Å². The van der Waals surface area contributed by atoms with Gasteiger partial charge in [-0.1, -0.05) is 77.0 Å². The molecule has 0 aromatic heterocycles. The highest BCUT2D eigenvalue weighted by molar-refractivity contribution is 5.84. The topological polar surface area (TPSA) is 168 Å². The number of nitrogens with one attached hydrogen (secondary N) is 2. The Morgan fingerprint density at radius 2 is 1.07 bits per heavy atom. The maximum absolute atomic E-state index is 12.2. The lowest BCUT2D eigenvalue weighted by Crippen LogP contribution is -2.41. The van der Waals surface area contributed by atoms with Crippen molar-refractivity contribution in [3.8, 4) is 0 Å². The molecule has 11 nitrogen and oxygen atoms in total. The number of hydrogen-bond acceptors (Lipinski definition) is 7. The van der Waals surface area contributed by atoms with Gasteiger partial charge >= 0.3 is 11.9 Å². The number of Topliss-reactive ketones (excluding diaryl/α,β-unsaturated/α-hetero) is 1. The fourth-order valence-electron chi connectivity index (χ4n) is 4.47. The van der Waals surface area contributed by atoms with E-state index in [0.717, 1.165) is 44.9 Å². The van der Waals surface area contributed by atoms with Gasteiger partial charge in [-0.15, -0.1) is 0 Å². The van der Waals surface area contributed by atoms with Crippen molar-refractivity contribution in [2.75, 3.05) is 33.5 Å². The van der Waals surface area contributed by atoms with E-state index in [1.807, 2.05) is 0 Å². The number of aliphatic carboxylic acids is 2. The summed E-state index contributed by atoms with van der Waals surface area (Å²) in [7, 11) is 1.53. The molecule has 0 saturated heterocycles. The summed E-state index contributed by atoms with van der Waals surface area (Å²) in [6.45, 7) is 0.946. The average molecular weight is 601 g/mol. The van der Waals surface area contributed by atoms with Gasteiger partial charge in [0.05, 0.1) is 13.2 Å². The van der Waals surface area contributed by atoms with Crippen molar-refractivity contribution < 1.29 is 43.7 Å². The van der Waals surface area contributed by atoms with E-state index in [2.05, 4.69) is 10.6 Å². The molecule has 0 radical (unpaired) electrons. The van der Waals surface area contributed by atoms with E-state index in [0.29, 0.717) is 19.6 Å². The number of carbonyl (C=O) groups is 5. The van der Waals surface area contributed by atoms with Crippen LogP contribution >= 0.6 is 0 Å². The molecule has 0 bridgehead atoms. The van der Waals surface area contributed by atoms with Crippen LogP contribution in [0.25, 0.3) is 0 Å². The van der Waals surface area contributed by atoms with Gasteiger partial charge in [0.15, 0.2) is 0 Å². The van der Waals surface area contributed by atoms with Gasteiger partial charge in [0, 0.05) is 39.3 Å². The molecular formula is C31H56N2O9. The molecule has 0 aromatic carbocycles. The zero-order valence-corrected chi connectivity index (χ0v) is 25.8. The molecule has 0 aliphatic carbocycles. The van der Waals surface area contributed by atoms with Gasteiger partial charge in [0.1, 0.15) is 18.4 Å². The zero-order valence-electron chi connectivity index (χ0n) is 25.8. The molecule has 0 saturated carbocycles. The highest BCUT2D eigenvalue weighted by Crippen LogP contribution is 2.14. The van der Waals surface area contributed by atoms with E-state index in [1.54, 1.807) is 0 Å². The van der Waals surface area contributed by atoms with E-state index in [4.69, 9.17) is 14.6 Å². The Morgan fingerprint density at radius 1 is 0.571 bits per heavy atom. The standard InChI is InChI=1S/C31H56N2O9/c1-32-29(36)25-42-24-23-41-22-16-17-26(34)20-21-27(31(39)40)33-28(35)18-14-12-10-8-6-4-2-3-5-7-9-11-13-15-19-30(37)38/h27H,2-25H2,1H3,(H,32,36)(H,33,35)(H,37,38)(H,39,40)/t27-/m0/s1. The normalized spacial score (nSPS) is 11.6. The van der Waals surface area contributed by atoms with Crippen molar-refractivity contribution in [3.05, 3.63) is 0 Å². The summed E-state index contributed by atoms with van der Waals surface area (Å²) in [5.41, 5.74) is 0. The molecule has 0 fully saturated rings. The Bertz CT molecular complexity index is 746. The lowest BCUT2D eigenvalue weighted by atomic mass is 10.0. The molecule has 4 N–H and O–H groups in total. The molecule has 42 heavy (non-hydrogen) atoms. The number of ketones is 1. The van der Waals surface area contributed by atoms with E-state index >= 15 is 0 Å². The Kier molecular flexibility index (Phi) is 26.9. The largest absolute Gasteiger partial charge is 0.481 e. The predicted octanol–water partition coefficient (Wildman–Crippen LogP) is 4.79. The predicted molar refractivity (Wildman–Crippen MR) is 160 cm³/mol. The molecule has 2 amide bonds. The lowest BCUT2D eigenvalue weighted by molar-refractivity contribution is -0.142. The number of likely N-dealkylation sites (N-methyl/N-ethyl adjacent to an activating group) is 1. The van der Waals surface area contributed by atoms with Crippen molar-refractivity contribution in [2.24, 2.45) is 0 Å². The summed E-state index contributed by atoms with van der Waals surface area (Å²) < 4.78 is 10.5. The summed E-state index contributed by atoms with van der Waals surface area (Å²) in [6.07, 6.45) is 16.9. The Labute approximate surface area is 251 Å². The average Bonchev–Trinajstić information content (AvgIpc) is 2.95. The van der Waals surface area contributed by atoms with Crippen LogP contribution in [0.2, 0.25) is 0 Å². The Morgan fingerprint density at radius 3 is 1.57 bits per heavy atom. The zero-order chi connectivity index (χ0) is 31.3. The van der Waals surface area contributed by atoms with Crippen LogP contribution in [-0.4, -0.2) is 79.3 Å². The number of rotatable bonds is 31. The van der Waals surface area contributed by atoms with E-state index < -0.39 is 18.0 Å². The maximum atomic E-state index is 12.2. The van der Waals surface area contributed by atoms with Crippen molar-refractivity contribution >= 4 is 29.5 Å². The van der Waals surface area contributed by atoms with Gasteiger partial charge in [-0.3, -0.25) is 19.2 Å². The SMILES string of the molecule is CNC(=O)COCCOCCCC(=O)CC[C@H](NC(=O)CCCCCCCCCCCCCCCCC(=O)O)C(=O)O. The van der Waals surface area contributed by atoms with E-state index in [-0.39, 0.29) is 62.9 Å². The van der Waals surface area contributed by atoms with Crippen LogP contribution in [-0.2, 0) is 33.4 Å². The summed E-state index contributed by atoms with van der Waals surface area (Å²) in [4.78, 5) is 57.3. The Balaban J connectivity index is 3.66. The molecule has 0 aliphatic rings. The first kappa shape index (κ1) is 39.5. The smallest absolute Gasteiger partial charge is 0.326 e. The number of ether oxygens (including phenoxy) is 2. The molecule has 0 spiro atoms. The third kappa shape index (κ3) is 27.6. The summed E-state index contributed by atoms with van der Waals surface area (Å²) in [5, 5.41) is 23.0. The number of hydrogen-bond donors (Lipinski definition) is 4. The molecule has 1 atom stereocenters. The van der Waals surface area contributed by atoms with Crippen molar-refractivity contribution in [2.45, 2.75) is 134 Å². The van der Waals surface area contributed by atoms with Gasteiger partial charge < -0.3 is 30.3 Å². The first-order valence-electron chi connectivity index (χ1n) is 15.9. The van der Waals surface area contributed by atoms with Crippen LogP contribution in [0.1, 0.15) is 128 Å². The van der Waals surface area contributed by atoms with Gasteiger partial charge in [0.2, 0.25) is 11.8 Å². The number of amides is 2. The summed E-state index contributed by atoms with van der Waals surface area (Å²) in [5.74, 6) is -2.41. The van der Waals surface area contributed by atoms with Crippen LogP contribution in [0.4, 0.5) is 0 Å². The summed E-state index contributed by atoms with van der Waals surface area (Å²) in [6, 6.07) is -1.06. The maximum Gasteiger partial charge on any atom is 0.326 e. The van der Waals surface area contributed by atoms with Crippen LogP contribution in [0.5, 0.6) is 0 Å². The second-order valence-corrected chi connectivity index (χ2v) is 10.8. The van der Waals surface area contributed by atoms with Crippen molar-refractivity contribution in [1.29, 1.82) is 0 Å². The van der Waals surface area contributed by atoms with Gasteiger partial charge in [0.25, 0.3) is 0 Å². The molecule has 0 unspecified atom stereocenters. The summed E-state index contributed by atoms with van der Waals surface area (Å²) >= 11 is 0. The Hall–Kier alpha value is -2.53. The second-order valence-electron chi connectivity index (χ2n) is 10.8. The van der Waals surface area contributed by atoms with Gasteiger partial charge in [-0.25, -0.2) is 4.79 Å². The number of carbonyl (C=O) groups excluding carboxylic acids is 3. The minimum Gasteiger partial charge on any atom is -0.481 e. The number of carboxylic acid groups (broad SMARTS) is 2. The second kappa shape index (κ2) is 28.6. The first-order valence-corrected chi connectivity index (χ1v) is 15.9. The molecule has 0 rings (SSSR count). The molecular weight excluding hydrogens is 544 g/mol. The van der Waals surface area contributed by atoms with E-state index in [9.17, 15) is 29.1 Å². The van der Waals surface area contributed by atoms with E-state index in [1.165, 1.54) is 52.0 Å². The third-order valence-electron chi connectivity index (χ3n) is 7.02. The third-order valence-corrected chi connectivity index (χ3v) is 7.02. The molecule has 0 aromatic rings. The molecule has 0 aliphatic heterocycles. The highest BCUT2D eigenvalue weighted by atomic mass is 16.5. The van der Waals surface area contributed by atoms with Gasteiger partial charge in [-0.05, 0) is 25.7 Å². The first-order chi connectivity index (χ1) is 20.3. The molecule has 0 heterocycles.